The number of carbonyl (C=O) groups is 3. The molecule has 164 valence electrons. The number of rotatable bonds is 8. The molecule has 0 radical (unpaired) electrons. The van der Waals surface area contributed by atoms with Gasteiger partial charge in [0.1, 0.15) is 5.54 Å². The zero-order valence-electron chi connectivity index (χ0n) is 18.0. The Hall–Kier alpha value is -3.26. The molecule has 3 rings (SSSR count). The van der Waals surface area contributed by atoms with Crippen LogP contribution in [0.25, 0.3) is 0 Å². The van der Waals surface area contributed by atoms with Crippen LogP contribution in [0.1, 0.15) is 25.3 Å². The minimum Gasteiger partial charge on any atom is -0.365 e. The molecule has 2 heterocycles. The van der Waals surface area contributed by atoms with Gasteiger partial charge in [-0.15, -0.1) is 0 Å². The van der Waals surface area contributed by atoms with Crippen molar-refractivity contribution in [1.29, 1.82) is 0 Å². The van der Waals surface area contributed by atoms with Crippen molar-refractivity contribution in [2.45, 2.75) is 31.3 Å². The predicted octanol–water partition coefficient (Wildman–Crippen LogP) is 1.29. The van der Waals surface area contributed by atoms with Gasteiger partial charge in [-0.1, -0.05) is 24.3 Å². The molecule has 8 nitrogen and oxygen atoms in total. The standard InChI is InChI=1S/C23H29N5O3/c1-18-16-27(13-14-28(18)20-8-4-3-5-9-20)21(30)10-11-23(24-2,22(31)26-17-29)19-7-6-12-25-15-19/h3-9,12,15,17-18,24H,10-11,13-14,16H2,1-2H3,(H,26,29,31). The minimum absolute atomic E-state index is 0.0121. The minimum atomic E-state index is -1.22. The Bertz CT molecular complexity index is 893. The van der Waals surface area contributed by atoms with E-state index in [0.29, 0.717) is 25.1 Å². The highest BCUT2D eigenvalue weighted by atomic mass is 16.2. The molecule has 2 unspecified atom stereocenters. The normalized spacial score (nSPS) is 18.2. The molecule has 0 bridgehead atoms. The summed E-state index contributed by atoms with van der Waals surface area (Å²) < 4.78 is 0. The van der Waals surface area contributed by atoms with Crippen LogP contribution < -0.4 is 15.5 Å². The molecular formula is C23H29N5O3. The van der Waals surface area contributed by atoms with E-state index in [0.717, 1.165) is 12.2 Å². The van der Waals surface area contributed by atoms with E-state index in [1.165, 1.54) is 0 Å². The van der Waals surface area contributed by atoms with E-state index in [1.54, 1.807) is 31.6 Å². The van der Waals surface area contributed by atoms with E-state index in [2.05, 4.69) is 39.6 Å². The number of piperazine rings is 1. The first-order valence-electron chi connectivity index (χ1n) is 10.5. The van der Waals surface area contributed by atoms with Crippen LogP contribution in [0.3, 0.4) is 0 Å². The van der Waals surface area contributed by atoms with E-state index in [4.69, 9.17) is 0 Å². The largest absolute Gasteiger partial charge is 0.365 e. The van der Waals surface area contributed by atoms with Crippen molar-refractivity contribution >= 4 is 23.9 Å². The smallest absolute Gasteiger partial charge is 0.251 e. The van der Waals surface area contributed by atoms with Crippen molar-refractivity contribution in [3.63, 3.8) is 0 Å². The number of amides is 3. The average Bonchev–Trinajstić information content (AvgIpc) is 2.81. The lowest BCUT2D eigenvalue weighted by molar-refractivity contribution is -0.134. The maximum absolute atomic E-state index is 13.0. The molecule has 1 fully saturated rings. The van der Waals surface area contributed by atoms with Crippen LogP contribution in [0.4, 0.5) is 5.69 Å². The lowest BCUT2D eigenvalue weighted by atomic mass is 9.85. The topological polar surface area (TPSA) is 94.6 Å². The van der Waals surface area contributed by atoms with Crippen LogP contribution in [0.5, 0.6) is 0 Å². The van der Waals surface area contributed by atoms with E-state index in [-0.39, 0.29) is 24.8 Å². The third-order valence-corrected chi connectivity index (χ3v) is 5.94. The summed E-state index contributed by atoms with van der Waals surface area (Å²) in [6.45, 7) is 4.10. The number of nitrogens with zero attached hydrogens (tertiary/aromatic N) is 3. The number of carbonyl (C=O) groups excluding carboxylic acids is 3. The molecule has 1 saturated heterocycles. The lowest BCUT2D eigenvalue weighted by Gasteiger charge is -2.41. The Kier molecular flexibility index (Phi) is 7.36. The van der Waals surface area contributed by atoms with Gasteiger partial charge in [-0.2, -0.15) is 0 Å². The lowest BCUT2D eigenvalue weighted by Crippen LogP contribution is -2.55. The van der Waals surface area contributed by atoms with Crippen molar-refractivity contribution < 1.29 is 14.4 Å². The zero-order valence-corrected chi connectivity index (χ0v) is 18.0. The number of para-hydroxylation sites is 1. The molecule has 1 aromatic heterocycles. The number of aromatic nitrogens is 1. The van der Waals surface area contributed by atoms with Gasteiger partial charge in [0, 0.05) is 50.2 Å². The van der Waals surface area contributed by atoms with Crippen molar-refractivity contribution in [2.75, 3.05) is 31.6 Å². The Labute approximate surface area is 182 Å². The average molecular weight is 424 g/mol. The summed E-state index contributed by atoms with van der Waals surface area (Å²) in [7, 11) is 1.64. The number of nitrogens with one attached hydrogen (secondary N) is 2. The van der Waals surface area contributed by atoms with Crippen molar-refractivity contribution in [1.82, 2.24) is 20.5 Å². The number of anilines is 1. The van der Waals surface area contributed by atoms with Gasteiger partial charge in [-0.05, 0) is 44.2 Å². The van der Waals surface area contributed by atoms with Crippen LogP contribution in [-0.4, -0.2) is 60.8 Å². The van der Waals surface area contributed by atoms with Crippen LogP contribution in [0.2, 0.25) is 0 Å². The van der Waals surface area contributed by atoms with E-state index >= 15 is 0 Å². The van der Waals surface area contributed by atoms with Gasteiger partial charge in [0.05, 0.1) is 0 Å². The third-order valence-electron chi connectivity index (χ3n) is 5.94. The Morgan fingerprint density at radius 3 is 2.58 bits per heavy atom. The number of hydrogen-bond acceptors (Lipinski definition) is 6. The van der Waals surface area contributed by atoms with Gasteiger partial charge in [-0.25, -0.2) is 0 Å². The van der Waals surface area contributed by atoms with E-state index < -0.39 is 11.4 Å². The third kappa shape index (κ3) is 4.91. The molecule has 8 heteroatoms. The van der Waals surface area contributed by atoms with Gasteiger partial charge >= 0.3 is 0 Å². The fourth-order valence-electron chi connectivity index (χ4n) is 4.20. The number of likely N-dealkylation sites (N-methyl/N-ethyl adjacent to an activating group) is 1. The molecular weight excluding hydrogens is 394 g/mol. The molecule has 2 N–H and O–H groups in total. The SMILES string of the molecule is CNC(CCC(=O)N1CCN(c2ccccc2)C(C)C1)(C(=O)NC=O)c1cccnc1. The summed E-state index contributed by atoms with van der Waals surface area (Å²) in [5, 5.41) is 5.25. The number of imide groups is 1. The summed E-state index contributed by atoms with van der Waals surface area (Å²) in [5.41, 5.74) is 0.535. The van der Waals surface area contributed by atoms with Crippen LogP contribution in [0, 0.1) is 0 Å². The maximum atomic E-state index is 13.0. The quantitative estimate of drug-likeness (QED) is 0.622. The number of hydrogen-bond donors (Lipinski definition) is 2. The molecule has 1 aromatic carbocycles. The van der Waals surface area contributed by atoms with Gasteiger partial charge in [0.2, 0.25) is 12.3 Å². The van der Waals surface area contributed by atoms with Crippen LogP contribution in [-0.2, 0) is 19.9 Å². The molecule has 2 aromatic rings. The Morgan fingerprint density at radius 1 is 1.19 bits per heavy atom. The maximum Gasteiger partial charge on any atom is 0.251 e. The Balaban J connectivity index is 1.69. The van der Waals surface area contributed by atoms with Gasteiger partial charge < -0.3 is 15.1 Å². The van der Waals surface area contributed by atoms with Gasteiger partial charge in [0.15, 0.2) is 0 Å². The monoisotopic (exact) mass is 423 g/mol. The zero-order chi connectivity index (χ0) is 22.3. The molecule has 3 amide bonds. The summed E-state index contributed by atoms with van der Waals surface area (Å²) in [6, 6.07) is 13.8. The highest BCUT2D eigenvalue weighted by Gasteiger charge is 2.40. The second kappa shape index (κ2) is 10.2. The summed E-state index contributed by atoms with van der Waals surface area (Å²) in [4.78, 5) is 45.0. The molecule has 1 aliphatic rings. The molecule has 0 spiro atoms. The number of pyridine rings is 1. The van der Waals surface area contributed by atoms with Crippen LogP contribution >= 0.6 is 0 Å². The van der Waals surface area contributed by atoms with Crippen LogP contribution in [0.15, 0.2) is 54.9 Å². The van der Waals surface area contributed by atoms with Gasteiger partial charge in [0.25, 0.3) is 5.91 Å². The Morgan fingerprint density at radius 2 is 1.97 bits per heavy atom. The highest BCUT2D eigenvalue weighted by Crippen LogP contribution is 2.27. The number of benzene rings is 1. The van der Waals surface area contributed by atoms with E-state index in [1.807, 2.05) is 23.1 Å². The van der Waals surface area contributed by atoms with E-state index in [9.17, 15) is 14.4 Å². The molecule has 0 saturated carbocycles. The van der Waals surface area contributed by atoms with Crippen molar-refractivity contribution in [3.8, 4) is 0 Å². The molecule has 2 atom stereocenters. The van der Waals surface area contributed by atoms with Crippen molar-refractivity contribution in [3.05, 3.63) is 60.4 Å². The fraction of sp³-hybridized carbons (Fsp3) is 0.391. The van der Waals surface area contributed by atoms with Gasteiger partial charge in [-0.3, -0.25) is 24.7 Å². The second-order valence-electron chi connectivity index (χ2n) is 7.71. The first-order chi connectivity index (χ1) is 15.0. The van der Waals surface area contributed by atoms with Crippen molar-refractivity contribution in [2.24, 2.45) is 0 Å². The highest BCUT2D eigenvalue weighted by molar-refractivity contribution is 5.94. The molecule has 0 aliphatic carbocycles. The fourth-order valence-corrected chi connectivity index (χ4v) is 4.20. The first kappa shape index (κ1) is 22.4. The summed E-state index contributed by atoms with van der Waals surface area (Å²) in [6.07, 6.45) is 3.92. The predicted molar refractivity (Wildman–Crippen MR) is 118 cm³/mol. The summed E-state index contributed by atoms with van der Waals surface area (Å²) in [5.74, 6) is -0.518. The first-order valence-corrected chi connectivity index (χ1v) is 10.5. The molecule has 1 aliphatic heterocycles. The summed E-state index contributed by atoms with van der Waals surface area (Å²) >= 11 is 0. The molecule has 31 heavy (non-hydrogen) atoms. The second-order valence-corrected chi connectivity index (χ2v) is 7.71.